The van der Waals surface area contributed by atoms with E-state index in [-0.39, 0.29) is 23.7 Å². The molecule has 3 rings (SSSR count). The third-order valence-corrected chi connectivity index (χ3v) is 4.59. The average molecular weight is 348 g/mol. The predicted molar refractivity (Wildman–Crippen MR) is 92.9 cm³/mol. The largest absolute Gasteiger partial charge is 0.487 e. The number of rotatable bonds is 5. The van der Waals surface area contributed by atoms with Gasteiger partial charge >= 0.3 is 0 Å². The Morgan fingerprint density at radius 3 is 2.83 bits per heavy atom. The van der Waals surface area contributed by atoms with Gasteiger partial charge in [-0.2, -0.15) is 0 Å². The number of ether oxygens (including phenoxy) is 2. The quantitative estimate of drug-likeness (QED) is 0.853. The van der Waals surface area contributed by atoms with Crippen LogP contribution in [0.5, 0.6) is 0 Å². The van der Waals surface area contributed by atoms with Crippen molar-refractivity contribution in [1.82, 2.24) is 5.32 Å². The van der Waals surface area contributed by atoms with Crippen molar-refractivity contribution < 1.29 is 19.1 Å². The molecule has 128 valence electrons. The average Bonchev–Trinajstić information content (AvgIpc) is 3.14. The molecule has 1 atom stereocenters. The highest BCUT2D eigenvalue weighted by Crippen LogP contribution is 2.20. The Morgan fingerprint density at radius 2 is 2.08 bits per heavy atom. The maximum Gasteiger partial charge on any atom is 0.291 e. The molecule has 2 aliphatic heterocycles. The molecule has 0 spiro atoms. The van der Waals surface area contributed by atoms with Crippen LogP contribution >= 0.6 is 11.8 Å². The molecule has 2 aliphatic rings. The van der Waals surface area contributed by atoms with Crippen LogP contribution in [0.25, 0.3) is 0 Å². The molecule has 2 amide bonds. The van der Waals surface area contributed by atoms with Crippen LogP contribution in [0.3, 0.4) is 0 Å². The molecule has 6 nitrogen and oxygen atoms in total. The Kier molecular flexibility index (Phi) is 5.77. The summed E-state index contributed by atoms with van der Waals surface area (Å²) in [6.45, 7) is 1.74. The minimum Gasteiger partial charge on any atom is -0.487 e. The number of carbonyl (C=O) groups is 2. The van der Waals surface area contributed by atoms with Crippen LogP contribution in [0.1, 0.15) is 23.2 Å². The monoisotopic (exact) mass is 348 g/mol. The number of amides is 2. The number of carbonyl (C=O) groups excluding carboxylic acids is 2. The minimum absolute atomic E-state index is 0.0773. The molecule has 1 unspecified atom stereocenters. The van der Waals surface area contributed by atoms with Crippen LogP contribution in [-0.4, -0.2) is 43.4 Å². The number of anilines is 1. The summed E-state index contributed by atoms with van der Waals surface area (Å²) in [4.78, 5) is 24.7. The van der Waals surface area contributed by atoms with E-state index in [1.165, 1.54) is 11.8 Å². The topological polar surface area (TPSA) is 76.7 Å². The normalized spacial score (nSPS) is 20.0. The first kappa shape index (κ1) is 16.9. The van der Waals surface area contributed by atoms with Crippen molar-refractivity contribution in [2.75, 3.05) is 30.8 Å². The summed E-state index contributed by atoms with van der Waals surface area (Å²) in [5, 5.41) is 7.31. The lowest BCUT2D eigenvalue weighted by atomic mass is 10.1. The van der Waals surface area contributed by atoms with Crippen molar-refractivity contribution in [3.05, 3.63) is 41.0 Å². The van der Waals surface area contributed by atoms with Crippen LogP contribution in [0.2, 0.25) is 0 Å². The van der Waals surface area contributed by atoms with Gasteiger partial charge in [-0.15, -0.1) is 11.8 Å². The Bertz CT molecular complexity index is 641. The van der Waals surface area contributed by atoms with Gasteiger partial charge in [0.2, 0.25) is 0 Å². The van der Waals surface area contributed by atoms with E-state index in [1.807, 2.05) is 0 Å². The lowest BCUT2D eigenvalue weighted by molar-refractivity contribution is -0.116. The Labute approximate surface area is 145 Å². The van der Waals surface area contributed by atoms with Gasteiger partial charge in [-0.05, 0) is 25.0 Å². The molecular weight excluding hydrogens is 328 g/mol. The van der Waals surface area contributed by atoms with Crippen molar-refractivity contribution in [2.45, 2.75) is 18.9 Å². The van der Waals surface area contributed by atoms with Crippen LogP contribution in [0.15, 0.2) is 35.4 Å². The highest BCUT2D eigenvalue weighted by molar-refractivity contribution is 8.02. The van der Waals surface area contributed by atoms with Crippen LogP contribution in [0.4, 0.5) is 5.69 Å². The van der Waals surface area contributed by atoms with Crippen LogP contribution < -0.4 is 10.6 Å². The molecular formula is C17H20N2O4S. The fourth-order valence-corrected chi connectivity index (χ4v) is 3.19. The van der Waals surface area contributed by atoms with Gasteiger partial charge in [0.05, 0.1) is 24.0 Å². The van der Waals surface area contributed by atoms with E-state index in [4.69, 9.17) is 9.47 Å². The summed E-state index contributed by atoms with van der Waals surface area (Å²) in [5.41, 5.74) is 0.889. The fraction of sp³-hybridized carbons (Fsp3) is 0.412. The first-order valence-electron chi connectivity index (χ1n) is 7.99. The fourth-order valence-electron chi connectivity index (χ4n) is 2.57. The third kappa shape index (κ3) is 4.30. The van der Waals surface area contributed by atoms with E-state index in [0.29, 0.717) is 24.4 Å². The number of hydrogen-bond donors (Lipinski definition) is 2. The Morgan fingerprint density at radius 1 is 1.21 bits per heavy atom. The zero-order chi connectivity index (χ0) is 16.8. The Balaban J connectivity index is 1.64. The van der Waals surface area contributed by atoms with Gasteiger partial charge in [0, 0.05) is 24.3 Å². The van der Waals surface area contributed by atoms with Crippen LogP contribution in [-0.2, 0) is 14.3 Å². The second-order valence-electron chi connectivity index (χ2n) is 5.55. The zero-order valence-electron chi connectivity index (χ0n) is 13.2. The maximum atomic E-state index is 12.4. The summed E-state index contributed by atoms with van der Waals surface area (Å²) in [6.07, 6.45) is 2.07. The molecule has 1 aromatic carbocycles. The van der Waals surface area contributed by atoms with Gasteiger partial charge in [-0.1, -0.05) is 12.1 Å². The number of thioether (sulfide) groups is 1. The molecule has 0 aliphatic carbocycles. The third-order valence-electron chi connectivity index (χ3n) is 3.81. The van der Waals surface area contributed by atoms with E-state index in [1.54, 1.807) is 29.7 Å². The van der Waals surface area contributed by atoms with E-state index >= 15 is 0 Å². The highest BCUT2D eigenvalue weighted by Gasteiger charge is 2.20. The SMILES string of the molecule is O=C(Nc1ccccc1C(=O)NCC1CCCO1)C1=CSCCO1. The Hall–Kier alpha value is -1.99. The van der Waals surface area contributed by atoms with Crippen molar-refractivity contribution >= 4 is 29.3 Å². The number of para-hydroxylation sites is 1. The molecule has 0 radical (unpaired) electrons. The summed E-state index contributed by atoms with van der Waals surface area (Å²) < 4.78 is 10.8. The van der Waals surface area contributed by atoms with Crippen LogP contribution in [0, 0.1) is 0 Å². The summed E-state index contributed by atoms with van der Waals surface area (Å²) in [7, 11) is 0. The molecule has 7 heteroatoms. The minimum atomic E-state index is -0.346. The molecule has 2 N–H and O–H groups in total. The summed E-state index contributed by atoms with van der Waals surface area (Å²) in [5.74, 6) is 0.538. The first-order valence-corrected chi connectivity index (χ1v) is 9.03. The summed E-state index contributed by atoms with van der Waals surface area (Å²) in [6, 6.07) is 6.93. The molecule has 2 heterocycles. The van der Waals surface area contributed by atoms with E-state index < -0.39 is 0 Å². The molecule has 24 heavy (non-hydrogen) atoms. The van der Waals surface area contributed by atoms with E-state index in [9.17, 15) is 9.59 Å². The van der Waals surface area contributed by atoms with Gasteiger partial charge < -0.3 is 20.1 Å². The van der Waals surface area contributed by atoms with Crippen molar-refractivity contribution in [3.63, 3.8) is 0 Å². The van der Waals surface area contributed by atoms with Gasteiger partial charge in [0.1, 0.15) is 0 Å². The molecule has 0 aromatic heterocycles. The number of benzene rings is 1. The lowest BCUT2D eigenvalue weighted by Crippen LogP contribution is -2.32. The second-order valence-corrected chi connectivity index (χ2v) is 6.52. The number of hydrogen-bond acceptors (Lipinski definition) is 5. The van der Waals surface area contributed by atoms with Gasteiger partial charge in [0.25, 0.3) is 11.8 Å². The molecule has 1 saturated heterocycles. The molecule has 1 aromatic rings. The van der Waals surface area contributed by atoms with E-state index in [0.717, 1.165) is 25.2 Å². The molecule has 0 bridgehead atoms. The number of nitrogens with one attached hydrogen (secondary N) is 2. The highest BCUT2D eigenvalue weighted by atomic mass is 32.2. The standard InChI is InChI=1S/C17H20N2O4S/c20-16(18-10-12-4-3-7-22-12)13-5-1-2-6-14(13)19-17(21)15-11-24-9-8-23-15/h1-2,5-6,11-12H,3-4,7-10H2,(H,18,20)(H,19,21). The molecule has 0 saturated carbocycles. The second kappa shape index (κ2) is 8.21. The van der Waals surface area contributed by atoms with Crippen molar-refractivity contribution in [3.8, 4) is 0 Å². The van der Waals surface area contributed by atoms with Gasteiger partial charge in [-0.25, -0.2) is 0 Å². The van der Waals surface area contributed by atoms with Crippen molar-refractivity contribution in [2.24, 2.45) is 0 Å². The first-order chi connectivity index (χ1) is 11.7. The zero-order valence-corrected chi connectivity index (χ0v) is 14.1. The van der Waals surface area contributed by atoms with E-state index in [2.05, 4.69) is 10.6 Å². The lowest BCUT2D eigenvalue weighted by Gasteiger charge is -2.16. The van der Waals surface area contributed by atoms with Gasteiger partial charge in [0.15, 0.2) is 5.76 Å². The predicted octanol–water partition coefficient (Wildman–Crippen LogP) is 2.14. The van der Waals surface area contributed by atoms with Gasteiger partial charge in [-0.3, -0.25) is 9.59 Å². The van der Waals surface area contributed by atoms with Crippen molar-refractivity contribution in [1.29, 1.82) is 0 Å². The maximum absolute atomic E-state index is 12.4. The smallest absolute Gasteiger partial charge is 0.291 e. The summed E-state index contributed by atoms with van der Waals surface area (Å²) >= 11 is 1.53. The molecule has 1 fully saturated rings.